The van der Waals surface area contributed by atoms with Crippen LogP contribution in [-0.2, 0) is 4.74 Å². The number of ether oxygens (including phenoxy) is 1. The normalized spacial score (nSPS) is 29.4. The molecule has 1 fully saturated rings. The number of hydrogen-bond donors (Lipinski definition) is 6. The third kappa shape index (κ3) is 3.31. The van der Waals surface area contributed by atoms with Gasteiger partial charge in [0.25, 0.3) is 0 Å². The number of benzene rings is 1. The van der Waals surface area contributed by atoms with Gasteiger partial charge in [-0.25, -0.2) is 0 Å². The molecule has 0 saturated carbocycles. The maximum atomic E-state index is 10.8. The summed E-state index contributed by atoms with van der Waals surface area (Å²) in [6, 6.07) is 4.29. The van der Waals surface area contributed by atoms with Gasteiger partial charge < -0.3 is 40.9 Å². The molecule has 5 atom stereocenters. The van der Waals surface area contributed by atoms with Crippen molar-refractivity contribution in [2.75, 3.05) is 17.2 Å². The van der Waals surface area contributed by atoms with Crippen LogP contribution in [0.4, 0.5) is 11.4 Å². The molecule has 0 aromatic heterocycles. The van der Waals surface area contributed by atoms with Gasteiger partial charge in [0.15, 0.2) is 6.23 Å². The van der Waals surface area contributed by atoms with Crippen LogP contribution >= 0.6 is 0 Å². The topological polar surface area (TPSA) is 149 Å². The average molecular weight is 315 g/mol. The molecule has 0 bridgehead atoms. The van der Waals surface area contributed by atoms with Gasteiger partial charge in [-0.3, -0.25) is 5.21 Å². The Hall–Kier alpha value is -1.46. The first-order valence-electron chi connectivity index (χ1n) is 6.69. The number of anilines is 2. The van der Waals surface area contributed by atoms with Gasteiger partial charge in [0.1, 0.15) is 24.4 Å². The van der Waals surface area contributed by atoms with Crippen molar-refractivity contribution in [1.82, 2.24) is 0 Å². The highest BCUT2D eigenvalue weighted by Gasteiger charge is 2.45. The van der Waals surface area contributed by atoms with E-state index in [9.17, 15) is 20.5 Å². The molecule has 22 heavy (non-hydrogen) atoms. The lowest BCUT2D eigenvalue weighted by Crippen LogP contribution is -2.40. The fourth-order valence-electron chi connectivity index (χ4n) is 2.33. The number of aliphatic hydroxyl groups excluding tert-OH is 4. The van der Waals surface area contributed by atoms with E-state index in [0.29, 0.717) is 11.3 Å². The van der Waals surface area contributed by atoms with E-state index in [1.54, 1.807) is 6.92 Å². The van der Waals surface area contributed by atoms with Crippen LogP contribution in [0.15, 0.2) is 18.2 Å². The molecule has 1 aliphatic heterocycles. The molecule has 1 heterocycles. The summed E-state index contributed by atoms with van der Waals surface area (Å²) in [7, 11) is 0. The third-order valence-electron chi connectivity index (χ3n) is 3.60. The Morgan fingerprint density at radius 3 is 2.59 bits per heavy atom. The van der Waals surface area contributed by atoms with Crippen LogP contribution in [-0.4, -0.2) is 62.9 Å². The van der Waals surface area contributed by atoms with Crippen LogP contribution < -0.4 is 10.5 Å². The Labute approximate surface area is 126 Å². The smallest absolute Gasteiger partial charge is 0.157 e. The van der Waals surface area contributed by atoms with Gasteiger partial charge in [-0.05, 0) is 30.7 Å². The van der Waals surface area contributed by atoms with Crippen LogP contribution in [0, 0.1) is 12.1 Å². The van der Waals surface area contributed by atoms with Gasteiger partial charge in [-0.15, -0.1) is 0 Å². The number of aliphatic hydroxyl groups is 4. The molecule has 0 aliphatic carbocycles. The number of aryl methyl sites for hydroxylation is 1. The standard InChI is InChI=1S/C13H19N2O7/c1-6-4-7(15(20)21)2-3-8(6)14-13-11(19)10(18)12(22-13)9(17)5-16/h2-4,9-14,16-20H,5H2,1H3/q-1/t9-,10+,11+,12+,13+/m0/s1. The van der Waals surface area contributed by atoms with Crippen molar-refractivity contribution in [2.24, 2.45) is 0 Å². The molecule has 2 rings (SSSR count). The third-order valence-corrected chi connectivity index (χ3v) is 3.60. The van der Waals surface area contributed by atoms with Crippen LogP contribution in [0.2, 0.25) is 0 Å². The number of nitrogens with one attached hydrogen (secondary N) is 1. The van der Waals surface area contributed by atoms with Crippen molar-refractivity contribution in [3.05, 3.63) is 29.0 Å². The molecule has 9 heteroatoms. The first-order chi connectivity index (χ1) is 10.3. The van der Waals surface area contributed by atoms with E-state index in [1.165, 1.54) is 18.2 Å². The zero-order chi connectivity index (χ0) is 16.4. The lowest BCUT2D eigenvalue weighted by Gasteiger charge is -2.24. The molecule has 0 amide bonds. The summed E-state index contributed by atoms with van der Waals surface area (Å²) >= 11 is 0. The van der Waals surface area contributed by atoms with Crippen LogP contribution in [0.1, 0.15) is 5.56 Å². The van der Waals surface area contributed by atoms with Gasteiger partial charge in [-0.2, -0.15) is 0 Å². The van der Waals surface area contributed by atoms with E-state index in [1.807, 2.05) is 0 Å². The summed E-state index contributed by atoms with van der Waals surface area (Å²) in [5, 5.41) is 60.4. The number of hydrogen-bond acceptors (Lipinski definition) is 9. The predicted octanol–water partition coefficient (Wildman–Crippen LogP) is -1.10. The molecule has 1 aromatic rings. The average Bonchev–Trinajstić information content (AvgIpc) is 2.76. The molecule has 1 aliphatic rings. The largest absolute Gasteiger partial charge is 0.733 e. The minimum Gasteiger partial charge on any atom is -0.733 e. The second kappa shape index (κ2) is 6.75. The van der Waals surface area contributed by atoms with Crippen molar-refractivity contribution in [1.29, 1.82) is 0 Å². The summed E-state index contributed by atoms with van der Waals surface area (Å²) in [5.41, 5.74) is 1.16. The summed E-state index contributed by atoms with van der Waals surface area (Å²) in [6.45, 7) is 1.07. The molecule has 0 spiro atoms. The van der Waals surface area contributed by atoms with Crippen molar-refractivity contribution in [2.45, 2.75) is 37.6 Å². The van der Waals surface area contributed by atoms with E-state index >= 15 is 0 Å². The van der Waals surface area contributed by atoms with Crippen LogP contribution in [0.25, 0.3) is 0 Å². The minimum absolute atomic E-state index is 0.0459. The Balaban J connectivity index is 2.11. The van der Waals surface area contributed by atoms with E-state index in [-0.39, 0.29) is 10.9 Å². The highest BCUT2D eigenvalue weighted by atomic mass is 16.8. The molecule has 124 valence electrons. The second-order valence-corrected chi connectivity index (χ2v) is 5.17. The van der Waals surface area contributed by atoms with Crippen molar-refractivity contribution >= 4 is 11.4 Å². The van der Waals surface area contributed by atoms with E-state index in [4.69, 9.17) is 15.1 Å². The van der Waals surface area contributed by atoms with E-state index < -0.39 is 37.3 Å². The van der Waals surface area contributed by atoms with E-state index in [2.05, 4.69) is 5.32 Å². The van der Waals surface area contributed by atoms with Gasteiger partial charge in [0.05, 0.1) is 12.3 Å². The summed E-state index contributed by atoms with van der Waals surface area (Å²) < 4.78 is 5.33. The van der Waals surface area contributed by atoms with Gasteiger partial charge in [0.2, 0.25) is 0 Å². The first kappa shape index (κ1) is 16.9. The second-order valence-electron chi connectivity index (χ2n) is 5.17. The lowest BCUT2D eigenvalue weighted by molar-refractivity contribution is -0.0774. The summed E-state index contributed by atoms with van der Waals surface area (Å²) in [4.78, 5) is 0. The SMILES string of the molecule is Cc1cc(N([O-])O)ccc1N[C@@H]1O[C@H]([C@@H](O)CO)[C@H](O)[C@H]1O. The Bertz CT molecular complexity index is 513. The highest BCUT2D eigenvalue weighted by molar-refractivity contribution is 5.59. The summed E-state index contributed by atoms with van der Waals surface area (Å²) in [6.07, 6.45) is -6.09. The predicted molar refractivity (Wildman–Crippen MR) is 76.2 cm³/mol. The molecule has 9 nitrogen and oxygen atoms in total. The van der Waals surface area contributed by atoms with E-state index in [0.717, 1.165) is 0 Å². The Kier molecular flexibility index (Phi) is 5.19. The Morgan fingerprint density at radius 2 is 2.05 bits per heavy atom. The molecule has 1 aromatic carbocycles. The monoisotopic (exact) mass is 315 g/mol. The number of rotatable bonds is 5. The summed E-state index contributed by atoms with van der Waals surface area (Å²) in [5.74, 6) is 0. The van der Waals surface area contributed by atoms with Crippen LogP contribution in [0.3, 0.4) is 0 Å². The fraction of sp³-hybridized carbons (Fsp3) is 0.538. The molecular formula is C13H19N2O7-. The fourth-order valence-corrected chi connectivity index (χ4v) is 2.33. The van der Waals surface area contributed by atoms with Crippen LogP contribution in [0.5, 0.6) is 0 Å². The molecule has 0 unspecified atom stereocenters. The maximum absolute atomic E-state index is 10.8. The highest BCUT2D eigenvalue weighted by Crippen LogP contribution is 2.28. The van der Waals surface area contributed by atoms with Crippen molar-refractivity contribution in [3.8, 4) is 0 Å². The zero-order valence-corrected chi connectivity index (χ0v) is 11.8. The van der Waals surface area contributed by atoms with Gasteiger partial charge in [0, 0.05) is 5.69 Å². The molecule has 1 saturated heterocycles. The van der Waals surface area contributed by atoms with Crippen molar-refractivity contribution in [3.63, 3.8) is 0 Å². The Morgan fingerprint density at radius 1 is 1.36 bits per heavy atom. The zero-order valence-electron chi connectivity index (χ0n) is 11.8. The quantitative estimate of drug-likeness (QED) is 0.372. The molecular weight excluding hydrogens is 296 g/mol. The lowest BCUT2D eigenvalue weighted by atomic mass is 10.1. The minimum atomic E-state index is -1.35. The molecule has 6 N–H and O–H groups in total. The van der Waals surface area contributed by atoms with Gasteiger partial charge in [-0.1, -0.05) is 0 Å². The maximum Gasteiger partial charge on any atom is 0.157 e. The van der Waals surface area contributed by atoms with Gasteiger partial charge >= 0.3 is 0 Å². The molecule has 0 radical (unpaired) electrons. The number of nitrogens with zero attached hydrogens (tertiary/aromatic N) is 1. The first-order valence-corrected chi connectivity index (χ1v) is 6.69. The van der Waals surface area contributed by atoms with Crippen molar-refractivity contribution < 1.29 is 30.4 Å².